The second-order valence-electron chi connectivity index (χ2n) is 8.95. The minimum atomic E-state index is -0.0937. The van der Waals surface area contributed by atoms with Gasteiger partial charge < -0.3 is 14.1 Å². The van der Waals surface area contributed by atoms with Crippen molar-refractivity contribution in [2.45, 2.75) is 103 Å². The average molecular weight is 434 g/mol. The van der Waals surface area contributed by atoms with Crippen LogP contribution in [0.2, 0.25) is 0 Å². The molecule has 1 aromatic heterocycles. The highest BCUT2D eigenvalue weighted by Crippen LogP contribution is 2.21. The summed E-state index contributed by atoms with van der Waals surface area (Å²) in [5.74, 6) is 0.0962. The predicted octanol–water partition coefficient (Wildman–Crippen LogP) is 6.77. The van der Waals surface area contributed by atoms with Crippen molar-refractivity contribution in [2.75, 3.05) is 19.7 Å². The van der Waals surface area contributed by atoms with Gasteiger partial charge in [-0.3, -0.25) is 9.59 Å². The largest absolute Gasteiger partial charge is 0.465 e. The Morgan fingerprint density at radius 1 is 0.903 bits per heavy atom. The number of nitrogens with zero attached hydrogens (tertiary/aromatic N) is 1. The summed E-state index contributed by atoms with van der Waals surface area (Å²) in [6, 6.07) is 3.39. The van der Waals surface area contributed by atoms with Crippen molar-refractivity contribution in [1.82, 2.24) is 4.90 Å². The third-order valence-corrected chi connectivity index (χ3v) is 6.34. The van der Waals surface area contributed by atoms with Crippen LogP contribution in [0.1, 0.15) is 114 Å². The van der Waals surface area contributed by atoms with Crippen molar-refractivity contribution in [3.8, 4) is 0 Å². The molecule has 0 unspecified atom stereocenters. The zero-order valence-electron chi connectivity index (χ0n) is 19.6. The van der Waals surface area contributed by atoms with Crippen LogP contribution in [0.15, 0.2) is 22.8 Å². The summed E-state index contributed by atoms with van der Waals surface area (Å²) in [7, 11) is 0. The van der Waals surface area contributed by atoms with Gasteiger partial charge in [-0.1, -0.05) is 84.0 Å². The number of esters is 1. The Kier molecular flexibility index (Phi) is 13.1. The third-order valence-electron chi connectivity index (χ3n) is 6.34. The Balaban J connectivity index is 1.39. The van der Waals surface area contributed by atoms with E-state index in [0.29, 0.717) is 38.3 Å². The monoisotopic (exact) mass is 433 g/mol. The fraction of sp³-hybridized carbons (Fsp3) is 0.769. The molecule has 0 spiro atoms. The molecule has 5 nitrogen and oxygen atoms in total. The van der Waals surface area contributed by atoms with Gasteiger partial charge in [0.2, 0.25) is 0 Å². The maximum atomic E-state index is 12.3. The first-order valence-corrected chi connectivity index (χ1v) is 12.7. The van der Waals surface area contributed by atoms with Gasteiger partial charge in [0.15, 0.2) is 5.76 Å². The Hall–Kier alpha value is -1.78. The zero-order valence-corrected chi connectivity index (χ0v) is 19.6. The molecule has 1 amide bonds. The van der Waals surface area contributed by atoms with Crippen LogP contribution >= 0.6 is 0 Å². The summed E-state index contributed by atoms with van der Waals surface area (Å²) in [5, 5.41) is 0. The number of carbonyl (C=O) groups excluding carboxylic acids is 2. The molecule has 0 N–H and O–H groups in total. The van der Waals surface area contributed by atoms with Crippen molar-refractivity contribution in [3.05, 3.63) is 24.2 Å². The van der Waals surface area contributed by atoms with E-state index in [9.17, 15) is 9.59 Å². The number of amides is 1. The topological polar surface area (TPSA) is 59.8 Å². The molecule has 0 bridgehead atoms. The highest BCUT2D eigenvalue weighted by atomic mass is 16.5. The quantitative estimate of drug-likeness (QED) is 0.213. The van der Waals surface area contributed by atoms with E-state index in [1.165, 1.54) is 76.9 Å². The summed E-state index contributed by atoms with van der Waals surface area (Å²) < 4.78 is 10.7. The molecule has 176 valence electrons. The van der Waals surface area contributed by atoms with Gasteiger partial charge in [0.1, 0.15) is 0 Å². The molecular weight excluding hydrogens is 390 g/mol. The van der Waals surface area contributed by atoms with Crippen molar-refractivity contribution < 1.29 is 18.7 Å². The maximum absolute atomic E-state index is 12.3. The van der Waals surface area contributed by atoms with Crippen molar-refractivity contribution in [1.29, 1.82) is 0 Å². The van der Waals surface area contributed by atoms with Crippen LogP contribution in [0.3, 0.4) is 0 Å². The van der Waals surface area contributed by atoms with Crippen LogP contribution < -0.4 is 0 Å². The Labute approximate surface area is 188 Å². The standard InChI is InChI=1S/C26H43NO4/c1-2-3-4-5-6-7-8-9-10-11-12-13-14-21-31-26(29)23-17-19-27(20-18-23)25(28)24-16-15-22-30-24/h15-16,22-23H,2-14,17-21H2,1H3. The van der Waals surface area contributed by atoms with Gasteiger partial charge in [-0.15, -0.1) is 0 Å². The van der Waals surface area contributed by atoms with E-state index < -0.39 is 0 Å². The summed E-state index contributed by atoms with van der Waals surface area (Å²) in [4.78, 5) is 26.3. The number of unbranched alkanes of at least 4 members (excludes halogenated alkanes) is 12. The average Bonchev–Trinajstić information content (AvgIpc) is 3.34. The normalized spacial score (nSPS) is 14.7. The van der Waals surface area contributed by atoms with Gasteiger partial charge in [-0.05, 0) is 31.4 Å². The second kappa shape index (κ2) is 15.9. The number of hydrogen-bond donors (Lipinski definition) is 0. The minimum absolute atomic E-state index is 0.0809. The van der Waals surface area contributed by atoms with Gasteiger partial charge in [0, 0.05) is 13.1 Å². The molecule has 1 aromatic rings. The number of hydrogen-bond acceptors (Lipinski definition) is 4. The van der Waals surface area contributed by atoms with E-state index in [1.54, 1.807) is 17.0 Å². The smallest absolute Gasteiger partial charge is 0.309 e. The lowest BCUT2D eigenvalue weighted by Crippen LogP contribution is -2.40. The van der Waals surface area contributed by atoms with Crippen molar-refractivity contribution >= 4 is 11.9 Å². The van der Waals surface area contributed by atoms with E-state index in [2.05, 4.69) is 6.92 Å². The first-order valence-electron chi connectivity index (χ1n) is 12.7. The Morgan fingerprint density at radius 2 is 1.45 bits per heavy atom. The predicted molar refractivity (Wildman–Crippen MR) is 124 cm³/mol. The van der Waals surface area contributed by atoms with Gasteiger partial charge in [-0.25, -0.2) is 0 Å². The van der Waals surface area contributed by atoms with Crippen LogP contribution in [0, 0.1) is 5.92 Å². The van der Waals surface area contributed by atoms with Gasteiger partial charge in [0.05, 0.1) is 18.8 Å². The molecule has 0 radical (unpaired) electrons. The van der Waals surface area contributed by atoms with Gasteiger partial charge in [-0.2, -0.15) is 0 Å². The van der Waals surface area contributed by atoms with Crippen LogP contribution in [0.4, 0.5) is 0 Å². The second-order valence-corrected chi connectivity index (χ2v) is 8.95. The Bertz CT molecular complexity index is 591. The van der Waals surface area contributed by atoms with Gasteiger partial charge in [0.25, 0.3) is 5.91 Å². The molecule has 5 heteroatoms. The number of rotatable bonds is 16. The molecule has 2 rings (SSSR count). The van der Waals surface area contributed by atoms with E-state index in [4.69, 9.17) is 9.15 Å². The van der Waals surface area contributed by atoms with Crippen LogP contribution in [-0.4, -0.2) is 36.5 Å². The number of furan rings is 1. The van der Waals surface area contributed by atoms with Gasteiger partial charge >= 0.3 is 5.97 Å². The lowest BCUT2D eigenvalue weighted by molar-refractivity contribution is -0.150. The van der Waals surface area contributed by atoms with Crippen molar-refractivity contribution in [2.24, 2.45) is 5.92 Å². The molecule has 1 aliphatic heterocycles. The molecule has 0 aromatic carbocycles. The number of piperidine rings is 1. The zero-order chi connectivity index (χ0) is 22.2. The van der Waals surface area contributed by atoms with E-state index in [-0.39, 0.29) is 17.8 Å². The molecule has 1 aliphatic rings. The lowest BCUT2D eigenvalue weighted by atomic mass is 9.97. The first kappa shape index (κ1) is 25.5. The summed E-state index contributed by atoms with van der Waals surface area (Å²) in [5.41, 5.74) is 0. The van der Waals surface area contributed by atoms with Crippen molar-refractivity contribution in [3.63, 3.8) is 0 Å². The summed E-state index contributed by atoms with van der Waals surface area (Å²) >= 11 is 0. The highest BCUT2D eigenvalue weighted by molar-refractivity contribution is 5.91. The Morgan fingerprint density at radius 3 is 1.97 bits per heavy atom. The highest BCUT2D eigenvalue weighted by Gasteiger charge is 2.29. The number of likely N-dealkylation sites (tertiary alicyclic amines) is 1. The molecule has 0 saturated carbocycles. The first-order chi connectivity index (χ1) is 15.2. The molecule has 2 heterocycles. The molecular formula is C26H43NO4. The maximum Gasteiger partial charge on any atom is 0.309 e. The third kappa shape index (κ3) is 10.4. The fourth-order valence-electron chi connectivity index (χ4n) is 4.28. The number of ether oxygens (including phenoxy) is 1. The summed E-state index contributed by atoms with van der Waals surface area (Å²) in [6.45, 7) is 3.96. The molecule has 0 atom stereocenters. The molecule has 0 aliphatic carbocycles. The summed E-state index contributed by atoms with van der Waals surface area (Å²) in [6.07, 6.45) is 19.9. The van der Waals surface area contributed by atoms with Crippen LogP contribution in [0.25, 0.3) is 0 Å². The molecule has 31 heavy (non-hydrogen) atoms. The van der Waals surface area contributed by atoms with E-state index >= 15 is 0 Å². The molecule has 1 saturated heterocycles. The van der Waals surface area contributed by atoms with E-state index in [0.717, 1.165) is 12.8 Å². The van der Waals surface area contributed by atoms with E-state index in [1.807, 2.05) is 0 Å². The molecule has 1 fully saturated rings. The van der Waals surface area contributed by atoms with Crippen LogP contribution in [-0.2, 0) is 9.53 Å². The number of carbonyl (C=O) groups is 2. The minimum Gasteiger partial charge on any atom is -0.465 e. The fourth-order valence-corrected chi connectivity index (χ4v) is 4.28. The lowest BCUT2D eigenvalue weighted by Gasteiger charge is -2.30. The SMILES string of the molecule is CCCCCCCCCCCCCCCOC(=O)C1CCN(C(=O)c2ccco2)CC1. The van der Waals surface area contributed by atoms with Crippen LogP contribution in [0.5, 0.6) is 0 Å².